The van der Waals surface area contributed by atoms with Crippen molar-refractivity contribution in [1.29, 1.82) is 0 Å². The lowest BCUT2D eigenvalue weighted by atomic mass is 10.0. The first-order chi connectivity index (χ1) is 15.6. The summed E-state index contributed by atoms with van der Waals surface area (Å²) in [6, 6.07) is 27.4. The highest BCUT2D eigenvalue weighted by molar-refractivity contribution is 6.31. The van der Waals surface area contributed by atoms with E-state index in [1.54, 1.807) is 24.3 Å². The number of hydrogen-bond acceptors (Lipinski definition) is 2. The summed E-state index contributed by atoms with van der Waals surface area (Å²) >= 11 is 6.04. The number of fused-ring (bicyclic) bond motifs is 1. The highest BCUT2D eigenvalue weighted by Gasteiger charge is 2.13. The molecule has 5 rings (SSSR count). The van der Waals surface area contributed by atoms with Gasteiger partial charge in [0.25, 0.3) is 5.91 Å². The number of nitrogens with zero attached hydrogens (tertiary/aromatic N) is 2. The first-order valence-corrected chi connectivity index (χ1v) is 10.7. The molecule has 0 fully saturated rings. The van der Waals surface area contributed by atoms with Gasteiger partial charge in [0.2, 0.25) is 0 Å². The third-order valence-corrected chi connectivity index (χ3v) is 5.55. The Labute approximate surface area is 191 Å². The third-order valence-electron chi connectivity index (χ3n) is 5.31. The van der Waals surface area contributed by atoms with Crippen molar-refractivity contribution in [3.05, 3.63) is 113 Å². The normalized spacial score (nSPS) is 10.9. The van der Waals surface area contributed by atoms with E-state index in [1.165, 1.54) is 5.56 Å². The maximum absolute atomic E-state index is 12.8. The van der Waals surface area contributed by atoms with Crippen LogP contribution >= 0.6 is 11.6 Å². The van der Waals surface area contributed by atoms with E-state index < -0.39 is 0 Å². The topological polar surface area (TPSA) is 46.4 Å². The highest BCUT2D eigenvalue weighted by Crippen LogP contribution is 2.27. The summed E-state index contributed by atoms with van der Waals surface area (Å²) in [5.74, 6) is -0.225. The number of rotatable bonds is 4. The van der Waals surface area contributed by atoms with E-state index in [4.69, 9.17) is 16.6 Å². The van der Waals surface area contributed by atoms with Crippen molar-refractivity contribution in [2.75, 3.05) is 5.32 Å². The molecule has 0 aliphatic carbocycles. The highest BCUT2D eigenvalue weighted by atomic mass is 35.5. The number of amides is 1. The monoisotopic (exact) mass is 437 g/mol. The van der Waals surface area contributed by atoms with Crippen molar-refractivity contribution < 1.29 is 4.79 Å². The molecule has 1 N–H and O–H groups in total. The maximum atomic E-state index is 12.8. The van der Waals surface area contributed by atoms with E-state index in [2.05, 4.69) is 41.7 Å². The molecule has 0 saturated carbocycles. The lowest BCUT2D eigenvalue weighted by molar-refractivity contribution is 0.102. The molecule has 1 amide bonds. The molecule has 2 aromatic heterocycles. The molecule has 0 atom stereocenters. The quantitative estimate of drug-likeness (QED) is 0.333. The van der Waals surface area contributed by atoms with E-state index in [1.807, 2.05) is 48.0 Å². The summed E-state index contributed by atoms with van der Waals surface area (Å²) in [7, 11) is 0. The summed E-state index contributed by atoms with van der Waals surface area (Å²) in [5.41, 5.74) is 7.05. The van der Waals surface area contributed by atoms with Crippen LogP contribution in [0.5, 0.6) is 0 Å². The Kier molecular flexibility index (Phi) is 5.21. The number of nitrogens with one attached hydrogen (secondary N) is 1. The SMILES string of the molecule is Cc1cc(NC(=O)c2cccc(Cl)c2)c2nc(-c3ccc(-c4ccccc4)cc3)cn2c1. The first kappa shape index (κ1) is 20.0. The van der Waals surface area contributed by atoms with Crippen molar-refractivity contribution in [3.63, 3.8) is 0 Å². The maximum Gasteiger partial charge on any atom is 0.255 e. The molecule has 0 spiro atoms. The predicted octanol–water partition coefficient (Wildman–Crippen LogP) is 6.88. The van der Waals surface area contributed by atoms with E-state index in [0.29, 0.717) is 21.9 Å². The second-order valence-electron chi connectivity index (χ2n) is 7.70. The number of imidazole rings is 1. The van der Waals surface area contributed by atoms with E-state index in [0.717, 1.165) is 22.4 Å². The molecular formula is C27H20ClN3O. The molecule has 0 aliphatic rings. The van der Waals surface area contributed by atoms with Gasteiger partial charge in [-0.05, 0) is 47.9 Å². The number of carbonyl (C=O) groups is 1. The Morgan fingerprint density at radius 3 is 2.31 bits per heavy atom. The predicted molar refractivity (Wildman–Crippen MR) is 130 cm³/mol. The van der Waals surface area contributed by atoms with Crippen LogP contribution in [-0.4, -0.2) is 15.3 Å². The molecule has 4 nitrogen and oxygen atoms in total. The second-order valence-corrected chi connectivity index (χ2v) is 8.13. The zero-order valence-corrected chi connectivity index (χ0v) is 18.2. The van der Waals surface area contributed by atoms with E-state index in [9.17, 15) is 4.79 Å². The number of aromatic nitrogens is 2. The van der Waals surface area contributed by atoms with Gasteiger partial charge in [-0.15, -0.1) is 0 Å². The van der Waals surface area contributed by atoms with Crippen LogP contribution in [0.4, 0.5) is 5.69 Å². The van der Waals surface area contributed by atoms with Gasteiger partial charge in [-0.3, -0.25) is 4.79 Å². The molecular weight excluding hydrogens is 418 g/mol. The van der Waals surface area contributed by atoms with Gasteiger partial charge in [0.1, 0.15) is 0 Å². The molecule has 32 heavy (non-hydrogen) atoms. The Morgan fingerprint density at radius 2 is 1.56 bits per heavy atom. The molecule has 3 aromatic carbocycles. The summed E-state index contributed by atoms with van der Waals surface area (Å²) in [5, 5.41) is 3.51. The summed E-state index contributed by atoms with van der Waals surface area (Å²) < 4.78 is 1.95. The van der Waals surface area contributed by atoms with Crippen molar-refractivity contribution in [2.24, 2.45) is 0 Å². The Morgan fingerprint density at radius 1 is 0.844 bits per heavy atom. The van der Waals surface area contributed by atoms with Gasteiger partial charge in [0.05, 0.1) is 11.4 Å². The van der Waals surface area contributed by atoms with Gasteiger partial charge in [-0.2, -0.15) is 0 Å². The van der Waals surface area contributed by atoms with Gasteiger partial charge in [-0.1, -0.05) is 72.3 Å². The van der Waals surface area contributed by atoms with Crippen LogP contribution in [0.25, 0.3) is 28.0 Å². The molecule has 5 heteroatoms. The minimum Gasteiger partial charge on any atom is -0.319 e. The van der Waals surface area contributed by atoms with Crippen LogP contribution in [0.15, 0.2) is 97.3 Å². The van der Waals surface area contributed by atoms with Crippen LogP contribution in [-0.2, 0) is 0 Å². The molecule has 0 aliphatic heterocycles. The molecule has 0 bridgehead atoms. The summed E-state index contributed by atoms with van der Waals surface area (Å²) in [6.07, 6.45) is 3.98. The van der Waals surface area contributed by atoms with Crippen molar-refractivity contribution in [3.8, 4) is 22.4 Å². The van der Waals surface area contributed by atoms with E-state index >= 15 is 0 Å². The molecule has 156 valence electrons. The largest absolute Gasteiger partial charge is 0.319 e. The number of anilines is 1. The van der Waals surface area contributed by atoms with Crippen molar-refractivity contribution in [1.82, 2.24) is 9.38 Å². The van der Waals surface area contributed by atoms with Crippen LogP contribution < -0.4 is 5.32 Å². The number of hydrogen-bond donors (Lipinski definition) is 1. The van der Waals surface area contributed by atoms with Gasteiger partial charge >= 0.3 is 0 Å². The van der Waals surface area contributed by atoms with Gasteiger partial charge < -0.3 is 9.72 Å². The fraction of sp³-hybridized carbons (Fsp3) is 0.0370. The number of carbonyl (C=O) groups excluding carboxylic acids is 1. The van der Waals surface area contributed by atoms with Gasteiger partial charge in [-0.25, -0.2) is 4.98 Å². The Balaban J connectivity index is 1.48. The standard InChI is InChI=1S/C27H20ClN3O/c1-18-14-24(30-27(32)22-8-5-9-23(28)15-22)26-29-25(17-31(26)16-18)21-12-10-20(11-13-21)19-6-3-2-4-7-19/h2-17H,1H3,(H,30,32). The number of pyridine rings is 1. The number of aryl methyl sites for hydroxylation is 1. The zero-order valence-electron chi connectivity index (χ0n) is 17.4. The third kappa shape index (κ3) is 4.01. The molecule has 0 unspecified atom stereocenters. The minimum atomic E-state index is -0.225. The van der Waals surface area contributed by atoms with E-state index in [-0.39, 0.29) is 5.91 Å². The summed E-state index contributed by atoms with van der Waals surface area (Å²) in [6.45, 7) is 1.99. The van der Waals surface area contributed by atoms with Crippen LogP contribution in [0, 0.1) is 6.92 Å². The summed E-state index contributed by atoms with van der Waals surface area (Å²) in [4.78, 5) is 17.6. The van der Waals surface area contributed by atoms with Gasteiger partial charge in [0, 0.05) is 28.5 Å². The Bertz CT molecular complexity index is 1420. The van der Waals surface area contributed by atoms with Crippen molar-refractivity contribution in [2.45, 2.75) is 6.92 Å². The second kappa shape index (κ2) is 8.33. The van der Waals surface area contributed by atoms with Crippen LogP contribution in [0.1, 0.15) is 15.9 Å². The molecule has 0 radical (unpaired) electrons. The lowest BCUT2D eigenvalue weighted by Gasteiger charge is -2.08. The van der Waals surface area contributed by atoms with Crippen LogP contribution in [0.3, 0.4) is 0 Å². The smallest absolute Gasteiger partial charge is 0.255 e. The number of halogens is 1. The minimum absolute atomic E-state index is 0.225. The van der Waals surface area contributed by atoms with Gasteiger partial charge in [0.15, 0.2) is 5.65 Å². The average molecular weight is 438 g/mol. The average Bonchev–Trinajstić information content (AvgIpc) is 3.24. The zero-order chi connectivity index (χ0) is 22.1. The lowest BCUT2D eigenvalue weighted by Crippen LogP contribution is -2.13. The van der Waals surface area contributed by atoms with Crippen LogP contribution in [0.2, 0.25) is 5.02 Å². The fourth-order valence-electron chi connectivity index (χ4n) is 3.76. The Hall–Kier alpha value is -3.89. The fourth-order valence-corrected chi connectivity index (χ4v) is 3.95. The van der Waals surface area contributed by atoms with Crippen molar-refractivity contribution >= 4 is 28.8 Å². The molecule has 5 aromatic rings. The first-order valence-electron chi connectivity index (χ1n) is 10.3. The molecule has 2 heterocycles. The molecule has 0 saturated heterocycles. The number of benzene rings is 3.